The highest BCUT2D eigenvalue weighted by molar-refractivity contribution is 5.94. The van der Waals surface area contributed by atoms with Crippen LogP contribution in [0.2, 0.25) is 0 Å². The van der Waals surface area contributed by atoms with E-state index in [0.29, 0.717) is 11.3 Å². The summed E-state index contributed by atoms with van der Waals surface area (Å²) in [7, 11) is 1.82. The van der Waals surface area contributed by atoms with Crippen LogP contribution in [0.1, 0.15) is 46.0 Å². The number of carbonyl (C=O) groups is 1. The number of nitrogens with zero attached hydrogens (tertiary/aromatic N) is 3. The lowest BCUT2D eigenvalue weighted by Gasteiger charge is -2.13. The van der Waals surface area contributed by atoms with Crippen LogP contribution in [0.5, 0.6) is 5.75 Å². The minimum Gasteiger partial charge on any atom is -0.486 e. The van der Waals surface area contributed by atoms with Crippen molar-refractivity contribution in [3.8, 4) is 5.75 Å². The molecule has 0 saturated carbocycles. The molecule has 0 aliphatic rings. The van der Waals surface area contributed by atoms with E-state index >= 15 is 0 Å². The zero-order valence-corrected chi connectivity index (χ0v) is 15.9. The van der Waals surface area contributed by atoms with Crippen molar-refractivity contribution in [2.24, 2.45) is 7.05 Å². The van der Waals surface area contributed by atoms with Crippen molar-refractivity contribution >= 4 is 5.91 Å². The number of aromatic nitrogens is 3. The van der Waals surface area contributed by atoms with E-state index in [1.165, 1.54) is 6.07 Å². The van der Waals surface area contributed by atoms with E-state index in [9.17, 15) is 13.6 Å². The first kappa shape index (κ1) is 19.5. The predicted molar refractivity (Wildman–Crippen MR) is 95.8 cm³/mol. The molecule has 2 heterocycles. The fourth-order valence-electron chi connectivity index (χ4n) is 2.77. The normalized spacial score (nSPS) is 12.1. The molecule has 7 nitrogen and oxygen atoms in total. The van der Waals surface area contributed by atoms with E-state index in [4.69, 9.17) is 9.26 Å². The number of aryl methyl sites for hydroxylation is 2. The maximum absolute atomic E-state index is 13.7. The molecular formula is C19H20F2N4O3. The molecule has 0 spiro atoms. The van der Waals surface area contributed by atoms with Crippen LogP contribution in [0.3, 0.4) is 0 Å². The molecule has 0 fully saturated rings. The Hall–Kier alpha value is -3.23. The summed E-state index contributed by atoms with van der Waals surface area (Å²) in [6, 6.07) is 2.69. The molecule has 148 valence electrons. The fourth-order valence-corrected chi connectivity index (χ4v) is 2.77. The monoisotopic (exact) mass is 390 g/mol. The fraction of sp³-hybridized carbons (Fsp3) is 0.316. The summed E-state index contributed by atoms with van der Waals surface area (Å²) in [6.45, 7) is 5.21. The maximum Gasteiger partial charge on any atom is 0.274 e. The van der Waals surface area contributed by atoms with Gasteiger partial charge in [0.15, 0.2) is 17.3 Å². The van der Waals surface area contributed by atoms with Crippen LogP contribution < -0.4 is 10.1 Å². The topological polar surface area (TPSA) is 82.2 Å². The predicted octanol–water partition coefficient (Wildman–Crippen LogP) is 3.37. The Bertz CT molecular complexity index is 1010. The summed E-state index contributed by atoms with van der Waals surface area (Å²) >= 11 is 0. The number of hydrogen-bond acceptors (Lipinski definition) is 5. The molecule has 2 aromatic heterocycles. The van der Waals surface area contributed by atoms with E-state index in [0.717, 1.165) is 23.4 Å². The molecule has 0 bridgehead atoms. The summed E-state index contributed by atoms with van der Waals surface area (Å²) in [5, 5.41) is 10.8. The minimum absolute atomic E-state index is 0.0495. The third kappa shape index (κ3) is 3.88. The number of hydrogen-bond donors (Lipinski definition) is 1. The lowest BCUT2D eigenvalue weighted by atomic mass is 10.1. The number of benzene rings is 1. The number of amides is 1. The molecule has 0 radical (unpaired) electrons. The van der Waals surface area contributed by atoms with Crippen LogP contribution in [0.25, 0.3) is 0 Å². The average molecular weight is 390 g/mol. The van der Waals surface area contributed by atoms with Crippen LogP contribution in [-0.2, 0) is 13.7 Å². The highest BCUT2D eigenvalue weighted by atomic mass is 19.1. The summed E-state index contributed by atoms with van der Waals surface area (Å²) < 4.78 is 39.0. The highest BCUT2D eigenvalue weighted by Crippen LogP contribution is 2.22. The van der Waals surface area contributed by atoms with Crippen molar-refractivity contribution in [3.05, 3.63) is 64.3 Å². The molecular weight excluding hydrogens is 370 g/mol. The SMILES string of the molecule is Cc1onc(C(=O)NC(C)c2cnn(C)c2C)c1COc1ccc(F)cc1F. The second-order valence-electron chi connectivity index (χ2n) is 6.43. The smallest absolute Gasteiger partial charge is 0.274 e. The molecule has 0 aliphatic carbocycles. The van der Waals surface area contributed by atoms with E-state index < -0.39 is 17.5 Å². The van der Waals surface area contributed by atoms with Gasteiger partial charge >= 0.3 is 0 Å². The molecule has 3 rings (SSSR count). The van der Waals surface area contributed by atoms with E-state index in [2.05, 4.69) is 15.6 Å². The minimum atomic E-state index is -0.833. The van der Waals surface area contributed by atoms with Gasteiger partial charge in [0.25, 0.3) is 5.91 Å². The molecule has 1 aromatic carbocycles. The van der Waals surface area contributed by atoms with E-state index in [1.54, 1.807) is 17.8 Å². The van der Waals surface area contributed by atoms with E-state index in [1.807, 2.05) is 20.9 Å². The van der Waals surface area contributed by atoms with Crippen LogP contribution in [0.4, 0.5) is 8.78 Å². The zero-order chi connectivity index (χ0) is 20.4. The van der Waals surface area contributed by atoms with Gasteiger partial charge in [-0.25, -0.2) is 8.78 Å². The molecule has 9 heteroatoms. The van der Waals surface area contributed by atoms with Crippen LogP contribution in [-0.4, -0.2) is 20.8 Å². The van der Waals surface area contributed by atoms with Gasteiger partial charge in [-0.1, -0.05) is 5.16 Å². The Kier molecular flexibility index (Phi) is 5.43. The Morgan fingerprint density at radius 2 is 2.11 bits per heavy atom. The van der Waals surface area contributed by atoms with Crippen molar-refractivity contribution in [2.75, 3.05) is 0 Å². The third-order valence-corrected chi connectivity index (χ3v) is 4.55. The van der Waals surface area contributed by atoms with Gasteiger partial charge in [-0.3, -0.25) is 9.48 Å². The Morgan fingerprint density at radius 3 is 2.75 bits per heavy atom. The number of nitrogens with one attached hydrogen (secondary N) is 1. The van der Waals surface area contributed by atoms with Gasteiger partial charge < -0.3 is 14.6 Å². The number of halogens is 2. The van der Waals surface area contributed by atoms with Gasteiger partial charge in [-0.05, 0) is 32.9 Å². The Balaban J connectivity index is 1.74. The van der Waals surface area contributed by atoms with Crippen LogP contribution in [0.15, 0.2) is 28.9 Å². The van der Waals surface area contributed by atoms with Gasteiger partial charge in [-0.15, -0.1) is 0 Å². The molecule has 3 aromatic rings. The summed E-state index contributed by atoms with van der Waals surface area (Å²) in [6.07, 6.45) is 1.69. The van der Waals surface area contributed by atoms with Crippen molar-refractivity contribution in [3.63, 3.8) is 0 Å². The summed E-state index contributed by atoms with van der Waals surface area (Å²) in [5.41, 5.74) is 2.24. The van der Waals surface area contributed by atoms with Gasteiger partial charge in [0.1, 0.15) is 18.2 Å². The molecule has 1 unspecified atom stereocenters. The van der Waals surface area contributed by atoms with Gasteiger partial charge in [-0.2, -0.15) is 5.10 Å². The van der Waals surface area contributed by atoms with Crippen LogP contribution >= 0.6 is 0 Å². The van der Waals surface area contributed by atoms with Crippen molar-refractivity contribution in [1.29, 1.82) is 0 Å². The lowest BCUT2D eigenvalue weighted by Crippen LogP contribution is -2.28. The first-order valence-corrected chi connectivity index (χ1v) is 8.60. The number of ether oxygens (including phenoxy) is 1. The molecule has 0 saturated heterocycles. The Labute approximate surface area is 160 Å². The zero-order valence-electron chi connectivity index (χ0n) is 15.9. The largest absolute Gasteiger partial charge is 0.486 e. The second kappa shape index (κ2) is 7.79. The van der Waals surface area contributed by atoms with Crippen LogP contribution in [0, 0.1) is 25.5 Å². The van der Waals surface area contributed by atoms with Crippen molar-refractivity contribution in [1.82, 2.24) is 20.3 Å². The first-order chi connectivity index (χ1) is 13.3. The lowest BCUT2D eigenvalue weighted by molar-refractivity contribution is 0.0928. The van der Waals surface area contributed by atoms with E-state index in [-0.39, 0.29) is 24.1 Å². The van der Waals surface area contributed by atoms with Gasteiger partial charge in [0.2, 0.25) is 0 Å². The highest BCUT2D eigenvalue weighted by Gasteiger charge is 2.23. The molecule has 28 heavy (non-hydrogen) atoms. The maximum atomic E-state index is 13.7. The van der Waals surface area contributed by atoms with Crippen molar-refractivity contribution in [2.45, 2.75) is 33.4 Å². The average Bonchev–Trinajstić information content (AvgIpc) is 3.17. The summed E-state index contributed by atoms with van der Waals surface area (Å²) in [5.74, 6) is -1.75. The van der Waals surface area contributed by atoms with Gasteiger partial charge in [0.05, 0.1) is 17.8 Å². The second-order valence-corrected chi connectivity index (χ2v) is 6.43. The Morgan fingerprint density at radius 1 is 1.36 bits per heavy atom. The quantitative estimate of drug-likeness (QED) is 0.698. The number of carbonyl (C=O) groups excluding carboxylic acids is 1. The third-order valence-electron chi connectivity index (χ3n) is 4.55. The van der Waals surface area contributed by atoms with Gasteiger partial charge in [0, 0.05) is 24.4 Å². The summed E-state index contributed by atoms with van der Waals surface area (Å²) in [4.78, 5) is 12.7. The first-order valence-electron chi connectivity index (χ1n) is 8.60. The molecule has 1 N–H and O–H groups in total. The number of rotatable bonds is 6. The molecule has 1 atom stereocenters. The standard InChI is InChI=1S/C19H20F2N4O3/c1-10(14-8-22-25(4)11(14)2)23-19(26)18-15(12(3)28-24-18)9-27-17-6-5-13(20)7-16(17)21/h5-8,10H,9H2,1-4H3,(H,23,26). The molecule has 0 aliphatic heterocycles. The van der Waals surface area contributed by atoms with Crippen molar-refractivity contribution < 1.29 is 22.8 Å². The molecule has 1 amide bonds.